The van der Waals surface area contributed by atoms with Gasteiger partial charge in [0.15, 0.2) is 0 Å². The predicted molar refractivity (Wildman–Crippen MR) is 111 cm³/mol. The van der Waals surface area contributed by atoms with Crippen LogP contribution in [0.25, 0.3) is 11.0 Å². The lowest BCUT2D eigenvalue weighted by Gasteiger charge is -2.23. The molecule has 0 saturated carbocycles. The summed E-state index contributed by atoms with van der Waals surface area (Å²) in [5.41, 5.74) is 5.19. The van der Waals surface area contributed by atoms with Crippen LogP contribution in [0.1, 0.15) is 50.8 Å². The monoisotopic (exact) mass is 359 g/mol. The number of benzene rings is 2. The molecule has 138 valence electrons. The Morgan fingerprint density at radius 3 is 2.44 bits per heavy atom. The average molecular weight is 359 g/mol. The molecular weight excluding hydrogens is 334 g/mol. The molecule has 5 heteroatoms. The first-order chi connectivity index (χ1) is 13.0. The molecule has 0 amide bonds. The van der Waals surface area contributed by atoms with E-state index in [4.69, 9.17) is 9.98 Å². The Morgan fingerprint density at radius 2 is 1.74 bits per heavy atom. The van der Waals surface area contributed by atoms with E-state index in [-0.39, 0.29) is 18.1 Å². The maximum absolute atomic E-state index is 4.94. The van der Waals surface area contributed by atoms with E-state index in [1.165, 1.54) is 5.56 Å². The molecule has 3 aromatic rings. The van der Waals surface area contributed by atoms with E-state index in [0.29, 0.717) is 5.92 Å². The van der Waals surface area contributed by atoms with Crippen LogP contribution < -0.4 is 0 Å². The molecule has 0 aliphatic carbocycles. The molecule has 2 unspecified atom stereocenters. The van der Waals surface area contributed by atoms with Crippen molar-refractivity contribution in [2.45, 2.75) is 45.8 Å². The first kappa shape index (κ1) is 17.6. The molecule has 2 atom stereocenters. The largest absolute Gasteiger partial charge is 0.264 e. The molecule has 0 spiro atoms. The summed E-state index contributed by atoms with van der Waals surface area (Å²) in [5.74, 6) is 0.719. The number of hydrogen-bond donors (Lipinski definition) is 0. The highest BCUT2D eigenvalue weighted by atomic mass is 15.4. The molecule has 0 fully saturated rings. The Balaban J connectivity index is 1.66. The van der Waals surface area contributed by atoms with Gasteiger partial charge in [0, 0.05) is 23.7 Å². The minimum Gasteiger partial charge on any atom is -0.264 e. The van der Waals surface area contributed by atoms with Crippen LogP contribution >= 0.6 is 0 Å². The SMILES string of the molecule is CC(C)C(c1ccccc1)C1N=CC(c2ccc3c(c2)nnn3C(C)C)=N1. The van der Waals surface area contributed by atoms with Crippen molar-refractivity contribution in [1.29, 1.82) is 0 Å². The van der Waals surface area contributed by atoms with E-state index in [9.17, 15) is 0 Å². The summed E-state index contributed by atoms with van der Waals surface area (Å²) in [6.45, 7) is 8.68. The summed E-state index contributed by atoms with van der Waals surface area (Å²) >= 11 is 0. The third-order valence-corrected chi connectivity index (χ3v) is 5.10. The molecule has 1 aliphatic rings. The zero-order chi connectivity index (χ0) is 19.0. The summed E-state index contributed by atoms with van der Waals surface area (Å²) in [7, 11) is 0. The van der Waals surface area contributed by atoms with E-state index in [1.807, 2.05) is 17.0 Å². The van der Waals surface area contributed by atoms with E-state index in [0.717, 1.165) is 22.3 Å². The van der Waals surface area contributed by atoms with Crippen molar-refractivity contribution < 1.29 is 0 Å². The Morgan fingerprint density at radius 1 is 0.963 bits per heavy atom. The molecule has 1 aliphatic heterocycles. The molecule has 0 saturated heterocycles. The van der Waals surface area contributed by atoms with Gasteiger partial charge in [-0.3, -0.25) is 9.98 Å². The number of aromatic nitrogens is 3. The second-order valence-electron chi connectivity index (χ2n) is 7.72. The summed E-state index contributed by atoms with van der Waals surface area (Å²) in [5, 5.41) is 8.58. The van der Waals surface area contributed by atoms with Gasteiger partial charge in [-0.2, -0.15) is 0 Å². The van der Waals surface area contributed by atoms with Crippen molar-refractivity contribution >= 4 is 23.0 Å². The van der Waals surface area contributed by atoms with Crippen LogP contribution in [-0.2, 0) is 0 Å². The highest BCUT2D eigenvalue weighted by Crippen LogP contribution is 2.32. The van der Waals surface area contributed by atoms with E-state index in [1.54, 1.807) is 0 Å². The fraction of sp³-hybridized carbons (Fsp3) is 0.364. The molecule has 0 N–H and O–H groups in total. The zero-order valence-corrected chi connectivity index (χ0v) is 16.2. The van der Waals surface area contributed by atoms with Crippen molar-refractivity contribution in [2.24, 2.45) is 15.9 Å². The van der Waals surface area contributed by atoms with Crippen molar-refractivity contribution in [3.05, 3.63) is 59.7 Å². The Hall–Kier alpha value is -2.82. The van der Waals surface area contributed by atoms with Gasteiger partial charge in [0.25, 0.3) is 0 Å². The summed E-state index contributed by atoms with van der Waals surface area (Å²) in [6, 6.07) is 17.1. The Kier molecular flexibility index (Phi) is 4.60. The van der Waals surface area contributed by atoms with Crippen LogP contribution in [0.15, 0.2) is 58.5 Å². The minimum atomic E-state index is -0.0792. The third-order valence-electron chi connectivity index (χ3n) is 5.10. The maximum Gasteiger partial charge on any atom is 0.147 e. The molecule has 1 aromatic heterocycles. The van der Waals surface area contributed by atoms with Crippen molar-refractivity contribution in [3.63, 3.8) is 0 Å². The van der Waals surface area contributed by atoms with Crippen molar-refractivity contribution in [1.82, 2.24) is 15.0 Å². The fourth-order valence-corrected chi connectivity index (χ4v) is 3.74. The summed E-state index contributed by atoms with van der Waals surface area (Å²) in [6.07, 6.45) is 1.82. The number of aliphatic imine (C=N–C) groups is 2. The number of nitrogens with zero attached hydrogens (tertiary/aromatic N) is 5. The van der Waals surface area contributed by atoms with Gasteiger partial charge in [-0.25, -0.2) is 4.68 Å². The van der Waals surface area contributed by atoms with Gasteiger partial charge in [0.2, 0.25) is 0 Å². The normalized spacial score (nSPS) is 17.9. The zero-order valence-electron chi connectivity index (χ0n) is 16.2. The molecule has 27 heavy (non-hydrogen) atoms. The number of rotatable bonds is 5. The number of hydrogen-bond acceptors (Lipinski definition) is 4. The third kappa shape index (κ3) is 3.29. The van der Waals surface area contributed by atoms with Gasteiger partial charge in [-0.15, -0.1) is 5.10 Å². The average Bonchev–Trinajstić information content (AvgIpc) is 3.29. The van der Waals surface area contributed by atoms with E-state index >= 15 is 0 Å². The van der Waals surface area contributed by atoms with Crippen LogP contribution in [0.4, 0.5) is 0 Å². The van der Waals surface area contributed by atoms with Gasteiger partial charge in [-0.1, -0.05) is 55.5 Å². The topological polar surface area (TPSA) is 55.4 Å². The summed E-state index contributed by atoms with van der Waals surface area (Å²) in [4.78, 5) is 9.68. The first-order valence-corrected chi connectivity index (χ1v) is 9.56. The van der Waals surface area contributed by atoms with Crippen LogP contribution in [-0.4, -0.2) is 33.1 Å². The molecule has 2 aromatic carbocycles. The Labute approximate surface area is 159 Å². The first-order valence-electron chi connectivity index (χ1n) is 9.56. The van der Waals surface area contributed by atoms with Gasteiger partial charge >= 0.3 is 0 Å². The second-order valence-corrected chi connectivity index (χ2v) is 7.72. The lowest BCUT2D eigenvalue weighted by molar-refractivity contribution is 0.432. The number of fused-ring (bicyclic) bond motifs is 1. The molecule has 0 radical (unpaired) electrons. The Bertz CT molecular complexity index is 998. The maximum atomic E-state index is 4.94. The van der Waals surface area contributed by atoms with Crippen LogP contribution in [0, 0.1) is 5.92 Å². The van der Waals surface area contributed by atoms with Crippen molar-refractivity contribution in [3.8, 4) is 0 Å². The standard InChI is InChI=1S/C22H25N5/c1-14(2)21(16-8-6-5-7-9-16)22-23-13-19(24-22)17-10-11-20-18(12-17)25-26-27(20)15(3)4/h5-15,21-22H,1-4H3. The van der Waals surface area contributed by atoms with E-state index in [2.05, 4.69) is 80.5 Å². The van der Waals surface area contributed by atoms with Gasteiger partial charge in [0.05, 0.1) is 11.2 Å². The van der Waals surface area contributed by atoms with E-state index < -0.39 is 0 Å². The fourth-order valence-electron chi connectivity index (χ4n) is 3.74. The molecule has 5 nitrogen and oxygen atoms in total. The molecule has 4 rings (SSSR count). The molecule has 0 bridgehead atoms. The summed E-state index contributed by atoms with van der Waals surface area (Å²) < 4.78 is 1.94. The van der Waals surface area contributed by atoms with Gasteiger partial charge < -0.3 is 0 Å². The lowest BCUT2D eigenvalue weighted by atomic mass is 9.86. The van der Waals surface area contributed by atoms with Crippen LogP contribution in [0.2, 0.25) is 0 Å². The molecular formula is C22H25N5. The highest BCUT2D eigenvalue weighted by molar-refractivity contribution is 6.39. The predicted octanol–water partition coefficient (Wildman–Crippen LogP) is 4.65. The second kappa shape index (κ2) is 7.06. The van der Waals surface area contributed by atoms with Gasteiger partial charge in [-0.05, 0) is 37.5 Å². The van der Waals surface area contributed by atoms with Crippen molar-refractivity contribution in [2.75, 3.05) is 0 Å². The minimum absolute atomic E-state index is 0.0792. The lowest BCUT2D eigenvalue weighted by Crippen LogP contribution is -2.19. The molecule has 2 heterocycles. The van der Waals surface area contributed by atoms with Crippen LogP contribution in [0.3, 0.4) is 0 Å². The quantitative estimate of drug-likeness (QED) is 0.666. The highest BCUT2D eigenvalue weighted by Gasteiger charge is 2.28. The van der Waals surface area contributed by atoms with Crippen LogP contribution in [0.5, 0.6) is 0 Å². The van der Waals surface area contributed by atoms with Gasteiger partial charge in [0.1, 0.15) is 11.7 Å². The smallest absolute Gasteiger partial charge is 0.147 e.